The molecule has 16 heavy (non-hydrogen) atoms. The molecule has 0 radical (unpaired) electrons. The summed E-state index contributed by atoms with van der Waals surface area (Å²) in [5.41, 5.74) is 5.76. The van der Waals surface area contributed by atoms with Crippen molar-refractivity contribution in [3.8, 4) is 11.5 Å². The van der Waals surface area contributed by atoms with Gasteiger partial charge in [-0.3, -0.25) is 0 Å². The molecule has 82 valence electrons. The van der Waals surface area contributed by atoms with E-state index in [4.69, 9.17) is 10.8 Å². The van der Waals surface area contributed by atoms with Crippen molar-refractivity contribution in [2.24, 2.45) is 4.99 Å². The number of hydrogen-bond donors (Lipinski definition) is 4. The lowest BCUT2D eigenvalue weighted by Crippen LogP contribution is -1.84. The van der Waals surface area contributed by atoms with Gasteiger partial charge in [0.2, 0.25) is 5.95 Å². The van der Waals surface area contributed by atoms with Crippen LogP contribution >= 0.6 is 0 Å². The lowest BCUT2D eigenvalue weighted by molar-refractivity contribution is 0.450. The van der Waals surface area contributed by atoms with Gasteiger partial charge in [-0.25, -0.2) is 10.1 Å². The van der Waals surface area contributed by atoms with Gasteiger partial charge in [-0.2, -0.15) is 4.98 Å². The lowest BCUT2D eigenvalue weighted by atomic mass is 10.2. The second kappa shape index (κ2) is 3.89. The van der Waals surface area contributed by atoms with E-state index in [0.29, 0.717) is 5.56 Å². The van der Waals surface area contributed by atoms with Gasteiger partial charge >= 0.3 is 0 Å². The van der Waals surface area contributed by atoms with Crippen LogP contribution in [0.4, 0.5) is 11.9 Å². The van der Waals surface area contributed by atoms with Crippen LogP contribution in [0.1, 0.15) is 5.56 Å². The van der Waals surface area contributed by atoms with Crippen LogP contribution in [0.3, 0.4) is 0 Å². The summed E-state index contributed by atoms with van der Waals surface area (Å²) in [5.74, 6) is 0.246. The zero-order chi connectivity index (χ0) is 11.5. The number of phenolic OH excluding ortho intramolecular Hbond substituents is 2. The van der Waals surface area contributed by atoms with Crippen molar-refractivity contribution in [1.29, 1.82) is 0 Å². The van der Waals surface area contributed by atoms with Gasteiger partial charge in [-0.1, -0.05) is 0 Å². The molecule has 1 aromatic carbocycles. The Bertz CT molecular complexity index is 534. The molecule has 7 heteroatoms. The number of nitrogens with two attached hydrogens (primary N) is 1. The predicted octanol–water partition coefficient (Wildman–Crippen LogP) is 0.549. The molecule has 0 unspecified atom stereocenters. The number of aromatic nitrogens is 3. The number of aromatic amines is 1. The van der Waals surface area contributed by atoms with Crippen LogP contribution in [0.5, 0.6) is 11.5 Å². The molecule has 0 aliphatic rings. The van der Waals surface area contributed by atoms with Gasteiger partial charge in [0, 0.05) is 17.8 Å². The summed E-state index contributed by atoms with van der Waals surface area (Å²) in [4.78, 5) is 7.64. The molecule has 0 fully saturated rings. The molecule has 1 heterocycles. The van der Waals surface area contributed by atoms with Gasteiger partial charge in [0.05, 0.1) is 0 Å². The van der Waals surface area contributed by atoms with E-state index in [-0.39, 0.29) is 23.4 Å². The fraction of sp³-hybridized carbons (Fsp3) is 0. The van der Waals surface area contributed by atoms with Crippen molar-refractivity contribution < 1.29 is 10.2 Å². The molecule has 0 amide bonds. The monoisotopic (exact) mass is 219 g/mol. The van der Waals surface area contributed by atoms with E-state index in [2.05, 4.69) is 20.2 Å². The third-order valence-corrected chi connectivity index (χ3v) is 1.82. The minimum atomic E-state index is -0.0766. The van der Waals surface area contributed by atoms with Crippen molar-refractivity contribution in [3.05, 3.63) is 23.8 Å². The van der Waals surface area contributed by atoms with Crippen LogP contribution < -0.4 is 5.73 Å². The molecule has 0 saturated carbocycles. The summed E-state index contributed by atoms with van der Waals surface area (Å²) in [7, 11) is 0. The standard InChI is InChI=1S/C9H9N5O2/c10-8-12-9(14-13-8)11-4-5-1-2-6(15)3-7(5)16/h1-4,15-16H,(H3,10,12,13,14). The van der Waals surface area contributed by atoms with Crippen molar-refractivity contribution in [2.45, 2.75) is 0 Å². The number of aliphatic imine (C=N–C) groups is 1. The van der Waals surface area contributed by atoms with E-state index in [0.717, 1.165) is 0 Å². The van der Waals surface area contributed by atoms with Crippen LogP contribution in [-0.2, 0) is 0 Å². The Labute approximate surface area is 90.3 Å². The van der Waals surface area contributed by atoms with Crippen molar-refractivity contribution >= 4 is 18.1 Å². The molecule has 0 bridgehead atoms. The molecule has 0 saturated heterocycles. The number of hydrogen-bond acceptors (Lipinski definition) is 6. The Morgan fingerprint density at radius 3 is 2.81 bits per heavy atom. The summed E-state index contributed by atoms with van der Waals surface area (Å²) in [6.07, 6.45) is 1.37. The third kappa shape index (κ3) is 2.08. The first kappa shape index (κ1) is 9.97. The molecular formula is C9H9N5O2. The Balaban J connectivity index is 2.23. The first-order chi connectivity index (χ1) is 7.65. The third-order valence-electron chi connectivity index (χ3n) is 1.82. The van der Waals surface area contributed by atoms with E-state index >= 15 is 0 Å². The van der Waals surface area contributed by atoms with Crippen molar-refractivity contribution in [1.82, 2.24) is 15.2 Å². The maximum absolute atomic E-state index is 9.45. The van der Waals surface area contributed by atoms with Gasteiger partial charge in [-0.15, -0.1) is 5.10 Å². The van der Waals surface area contributed by atoms with Gasteiger partial charge in [0.25, 0.3) is 5.95 Å². The highest BCUT2D eigenvalue weighted by Crippen LogP contribution is 2.21. The minimum absolute atomic E-state index is 0.0169. The first-order valence-corrected chi connectivity index (χ1v) is 4.39. The second-order valence-electron chi connectivity index (χ2n) is 3.02. The number of nitrogens with one attached hydrogen (secondary N) is 1. The molecular weight excluding hydrogens is 210 g/mol. The average molecular weight is 219 g/mol. The minimum Gasteiger partial charge on any atom is -0.508 e. The number of benzene rings is 1. The molecule has 0 aliphatic carbocycles. The molecule has 2 aromatic rings. The maximum atomic E-state index is 9.45. The molecule has 0 spiro atoms. The highest BCUT2D eigenvalue weighted by atomic mass is 16.3. The summed E-state index contributed by atoms with van der Waals surface area (Å²) < 4.78 is 0. The zero-order valence-corrected chi connectivity index (χ0v) is 8.12. The molecule has 1 aromatic heterocycles. The second-order valence-corrected chi connectivity index (χ2v) is 3.02. The van der Waals surface area contributed by atoms with E-state index < -0.39 is 0 Å². The van der Waals surface area contributed by atoms with E-state index in [1.165, 1.54) is 24.4 Å². The topological polar surface area (TPSA) is 120 Å². The Hall–Kier alpha value is -2.57. The first-order valence-electron chi connectivity index (χ1n) is 4.39. The average Bonchev–Trinajstić information content (AvgIpc) is 2.63. The Morgan fingerprint density at radius 1 is 1.38 bits per heavy atom. The summed E-state index contributed by atoms with van der Waals surface area (Å²) in [5, 5.41) is 24.6. The fourth-order valence-electron chi connectivity index (χ4n) is 1.09. The summed E-state index contributed by atoms with van der Waals surface area (Å²) in [6, 6.07) is 4.17. The number of H-pyrrole nitrogens is 1. The highest BCUT2D eigenvalue weighted by molar-refractivity contribution is 5.85. The van der Waals surface area contributed by atoms with Crippen LogP contribution in [0.15, 0.2) is 23.2 Å². The zero-order valence-electron chi connectivity index (χ0n) is 8.12. The molecule has 7 nitrogen and oxygen atoms in total. The SMILES string of the molecule is Nc1nc(N=Cc2ccc(O)cc2O)n[nH]1. The molecule has 5 N–H and O–H groups in total. The highest BCUT2D eigenvalue weighted by Gasteiger charge is 2.00. The fourth-order valence-corrected chi connectivity index (χ4v) is 1.09. The van der Waals surface area contributed by atoms with Crippen LogP contribution in [0.25, 0.3) is 0 Å². The van der Waals surface area contributed by atoms with E-state index in [1.54, 1.807) is 0 Å². The van der Waals surface area contributed by atoms with Gasteiger partial charge in [0.1, 0.15) is 11.5 Å². The van der Waals surface area contributed by atoms with Crippen molar-refractivity contribution in [2.75, 3.05) is 5.73 Å². The maximum Gasteiger partial charge on any atom is 0.269 e. The number of anilines is 1. The van der Waals surface area contributed by atoms with Crippen molar-refractivity contribution in [3.63, 3.8) is 0 Å². The quantitative estimate of drug-likeness (QED) is 0.549. The van der Waals surface area contributed by atoms with Gasteiger partial charge < -0.3 is 15.9 Å². The van der Waals surface area contributed by atoms with Gasteiger partial charge in [0.15, 0.2) is 0 Å². The molecule has 0 atom stereocenters. The van der Waals surface area contributed by atoms with E-state index in [1.807, 2.05) is 0 Å². The number of nitrogen functional groups attached to an aromatic ring is 1. The van der Waals surface area contributed by atoms with Crippen LogP contribution in [0.2, 0.25) is 0 Å². The summed E-state index contributed by atoms with van der Waals surface area (Å²) >= 11 is 0. The lowest BCUT2D eigenvalue weighted by Gasteiger charge is -1.97. The number of rotatable bonds is 2. The molecule has 2 rings (SSSR count). The Kier molecular flexibility index (Phi) is 2.42. The van der Waals surface area contributed by atoms with E-state index in [9.17, 15) is 5.11 Å². The normalized spacial score (nSPS) is 11.0. The van der Waals surface area contributed by atoms with Crippen LogP contribution in [-0.4, -0.2) is 31.6 Å². The smallest absolute Gasteiger partial charge is 0.269 e. The number of phenols is 2. The summed E-state index contributed by atoms with van der Waals surface area (Å²) in [6.45, 7) is 0. The van der Waals surface area contributed by atoms with Gasteiger partial charge in [-0.05, 0) is 12.1 Å². The molecule has 0 aliphatic heterocycles. The number of aromatic hydroxyl groups is 2. The Morgan fingerprint density at radius 2 is 2.19 bits per heavy atom. The number of nitrogens with zero attached hydrogens (tertiary/aromatic N) is 3. The largest absolute Gasteiger partial charge is 0.508 e. The predicted molar refractivity (Wildman–Crippen MR) is 57.8 cm³/mol. The van der Waals surface area contributed by atoms with Crippen LogP contribution in [0, 0.1) is 0 Å².